The standard InChI is InChI=1S/C19H24N2O6/c1-25-8-6-21-7-9-26-16-11-14-12-17(27-19(24)3-2-18(22)23)20-5-4-13(14)10-15(16)21/h2-3,10-11,17,20H,4-9,12H2,1H3,(H,22,23)/b3-2+. The summed E-state index contributed by atoms with van der Waals surface area (Å²) in [5.74, 6) is -1.04. The number of benzene rings is 1. The maximum absolute atomic E-state index is 11.8. The van der Waals surface area contributed by atoms with Crippen molar-refractivity contribution in [3.63, 3.8) is 0 Å². The van der Waals surface area contributed by atoms with E-state index in [1.54, 1.807) is 7.11 Å². The Labute approximate surface area is 157 Å². The van der Waals surface area contributed by atoms with Gasteiger partial charge in [0.25, 0.3) is 0 Å². The lowest BCUT2D eigenvalue weighted by Crippen LogP contribution is -2.35. The van der Waals surface area contributed by atoms with Crippen molar-refractivity contribution in [2.75, 3.05) is 44.9 Å². The minimum atomic E-state index is -1.19. The lowest BCUT2D eigenvalue weighted by molar-refractivity contribution is -0.145. The van der Waals surface area contributed by atoms with Gasteiger partial charge in [-0.3, -0.25) is 5.32 Å². The zero-order chi connectivity index (χ0) is 19.2. The third-order valence-corrected chi connectivity index (χ3v) is 4.60. The van der Waals surface area contributed by atoms with Crippen molar-refractivity contribution in [2.24, 2.45) is 0 Å². The monoisotopic (exact) mass is 376 g/mol. The number of nitrogens with one attached hydrogen (secondary N) is 1. The van der Waals surface area contributed by atoms with Gasteiger partial charge in [0.15, 0.2) is 6.23 Å². The zero-order valence-electron chi connectivity index (χ0n) is 15.3. The average molecular weight is 376 g/mol. The van der Waals surface area contributed by atoms with Crippen LogP contribution in [-0.2, 0) is 31.9 Å². The van der Waals surface area contributed by atoms with Crippen LogP contribution in [0.1, 0.15) is 11.1 Å². The van der Waals surface area contributed by atoms with Gasteiger partial charge in [-0.25, -0.2) is 9.59 Å². The number of methoxy groups -OCH3 is 1. The Kier molecular flexibility index (Phi) is 6.31. The van der Waals surface area contributed by atoms with Crippen molar-refractivity contribution < 1.29 is 28.9 Å². The Morgan fingerprint density at radius 3 is 3.00 bits per heavy atom. The predicted octanol–water partition coefficient (Wildman–Crippen LogP) is 0.730. The van der Waals surface area contributed by atoms with Gasteiger partial charge < -0.3 is 24.2 Å². The maximum Gasteiger partial charge on any atom is 0.332 e. The minimum absolute atomic E-state index is 0.497. The van der Waals surface area contributed by atoms with E-state index >= 15 is 0 Å². The van der Waals surface area contributed by atoms with Crippen LogP contribution in [0, 0.1) is 0 Å². The van der Waals surface area contributed by atoms with Crippen LogP contribution < -0.4 is 15.0 Å². The summed E-state index contributed by atoms with van der Waals surface area (Å²) in [5, 5.41) is 11.8. The Morgan fingerprint density at radius 2 is 2.22 bits per heavy atom. The van der Waals surface area contributed by atoms with Crippen molar-refractivity contribution in [2.45, 2.75) is 19.1 Å². The summed E-state index contributed by atoms with van der Waals surface area (Å²) in [6.07, 6.45) is 2.48. The molecule has 8 nitrogen and oxygen atoms in total. The Hall–Kier alpha value is -2.58. The highest BCUT2D eigenvalue weighted by Crippen LogP contribution is 2.35. The van der Waals surface area contributed by atoms with Crippen molar-refractivity contribution in [3.8, 4) is 5.75 Å². The molecule has 1 aromatic carbocycles. The third-order valence-electron chi connectivity index (χ3n) is 4.60. The summed E-state index contributed by atoms with van der Waals surface area (Å²) in [4.78, 5) is 24.5. The van der Waals surface area contributed by atoms with E-state index < -0.39 is 18.2 Å². The molecule has 0 saturated carbocycles. The summed E-state index contributed by atoms with van der Waals surface area (Å²) >= 11 is 0. The molecule has 0 fully saturated rings. The molecule has 0 saturated heterocycles. The van der Waals surface area contributed by atoms with Crippen LogP contribution in [-0.4, -0.2) is 63.2 Å². The van der Waals surface area contributed by atoms with E-state index in [-0.39, 0.29) is 0 Å². The van der Waals surface area contributed by atoms with Gasteiger partial charge in [0.1, 0.15) is 12.4 Å². The van der Waals surface area contributed by atoms with E-state index in [1.165, 1.54) is 5.56 Å². The highest BCUT2D eigenvalue weighted by Gasteiger charge is 2.24. The molecule has 2 N–H and O–H groups in total. The molecule has 0 aliphatic carbocycles. The van der Waals surface area contributed by atoms with Gasteiger partial charge in [0.2, 0.25) is 0 Å². The van der Waals surface area contributed by atoms with Crippen LogP contribution in [0.3, 0.4) is 0 Å². The van der Waals surface area contributed by atoms with E-state index in [2.05, 4.69) is 16.3 Å². The number of anilines is 1. The second kappa shape index (κ2) is 8.88. The molecule has 8 heteroatoms. The normalized spacial score (nSPS) is 19.0. The number of esters is 1. The third kappa shape index (κ3) is 4.99. The fraction of sp³-hybridized carbons (Fsp3) is 0.474. The number of carbonyl (C=O) groups excluding carboxylic acids is 1. The number of hydrogen-bond acceptors (Lipinski definition) is 7. The van der Waals surface area contributed by atoms with Crippen molar-refractivity contribution in [3.05, 3.63) is 35.4 Å². The molecule has 2 aliphatic heterocycles. The van der Waals surface area contributed by atoms with Crippen molar-refractivity contribution in [1.29, 1.82) is 0 Å². The van der Waals surface area contributed by atoms with E-state index in [9.17, 15) is 9.59 Å². The van der Waals surface area contributed by atoms with Crippen LogP contribution in [0.25, 0.3) is 0 Å². The molecule has 2 heterocycles. The Balaban J connectivity index is 1.74. The number of hydrogen-bond donors (Lipinski definition) is 2. The average Bonchev–Trinajstić information content (AvgIpc) is 2.84. The number of ether oxygens (including phenoxy) is 3. The van der Waals surface area contributed by atoms with Gasteiger partial charge in [-0.05, 0) is 29.7 Å². The fourth-order valence-electron chi connectivity index (χ4n) is 3.30. The first-order valence-electron chi connectivity index (χ1n) is 8.94. The van der Waals surface area contributed by atoms with E-state index in [1.807, 2.05) is 6.07 Å². The van der Waals surface area contributed by atoms with Crippen molar-refractivity contribution >= 4 is 17.6 Å². The molecule has 1 unspecified atom stereocenters. The number of fused-ring (bicyclic) bond motifs is 2. The quantitative estimate of drug-likeness (QED) is 0.554. The molecule has 2 aliphatic rings. The summed E-state index contributed by atoms with van der Waals surface area (Å²) < 4.78 is 16.4. The lowest BCUT2D eigenvalue weighted by atomic mass is 10.00. The molecule has 0 bridgehead atoms. The molecular formula is C19H24N2O6. The summed E-state index contributed by atoms with van der Waals surface area (Å²) in [5.41, 5.74) is 3.32. The van der Waals surface area contributed by atoms with E-state index in [4.69, 9.17) is 19.3 Å². The molecular weight excluding hydrogens is 352 g/mol. The number of nitrogens with zero attached hydrogens (tertiary/aromatic N) is 1. The molecule has 3 rings (SSSR count). The fourth-order valence-corrected chi connectivity index (χ4v) is 3.30. The van der Waals surface area contributed by atoms with Crippen LogP contribution in [0.15, 0.2) is 24.3 Å². The molecule has 0 radical (unpaired) electrons. The molecule has 0 aromatic heterocycles. The predicted molar refractivity (Wildman–Crippen MR) is 98.1 cm³/mol. The first kappa shape index (κ1) is 19.2. The first-order chi connectivity index (χ1) is 13.1. The van der Waals surface area contributed by atoms with Gasteiger partial charge in [-0.1, -0.05) is 0 Å². The Morgan fingerprint density at radius 1 is 1.37 bits per heavy atom. The number of carboxylic acids is 1. The van der Waals surface area contributed by atoms with Crippen molar-refractivity contribution in [1.82, 2.24) is 5.32 Å². The van der Waals surface area contributed by atoms with Gasteiger partial charge in [0.05, 0.1) is 18.8 Å². The summed E-state index contributed by atoms with van der Waals surface area (Å²) in [6.45, 7) is 3.56. The molecule has 1 aromatic rings. The number of carboxylic acid groups (broad SMARTS) is 1. The Bertz CT molecular complexity index is 733. The molecule has 0 spiro atoms. The first-order valence-corrected chi connectivity index (χ1v) is 8.94. The van der Waals surface area contributed by atoms with Crippen LogP contribution in [0.4, 0.5) is 5.69 Å². The van der Waals surface area contributed by atoms with Gasteiger partial charge in [0, 0.05) is 38.8 Å². The molecule has 1 atom stereocenters. The lowest BCUT2D eigenvalue weighted by Gasteiger charge is -2.32. The second-order valence-electron chi connectivity index (χ2n) is 6.42. The summed E-state index contributed by atoms with van der Waals surface area (Å²) in [6, 6.07) is 4.17. The SMILES string of the molecule is COCCN1CCOc2cc3c(cc21)CCNC(OC(=O)/C=C/C(=O)O)C3. The number of rotatable bonds is 6. The molecule has 146 valence electrons. The minimum Gasteiger partial charge on any atom is -0.490 e. The smallest absolute Gasteiger partial charge is 0.332 e. The van der Waals surface area contributed by atoms with Crippen LogP contribution >= 0.6 is 0 Å². The largest absolute Gasteiger partial charge is 0.490 e. The van der Waals surface area contributed by atoms with Gasteiger partial charge in [-0.2, -0.15) is 0 Å². The van der Waals surface area contributed by atoms with E-state index in [0.717, 1.165) is 48.7 Å². The number of carbonyl (C=O) groups is 2. The van der Waals surface area contributed by atoms with Gasteiger partial charge in [-0.15, -0.1) is 0 Å². The highest BCUT2D eigenvalue weighted by molar-refractivity contribution is 5.90. The van der Waals surface area contributed by atoms with Crippen LogP contribution in [0.5, 0.6) is 5.75 Å². The maximum atomic E-state index is 11.8. The zero-order valence-corrected chi connectivity index (χ0v) is 15.3. The van der Waals surface area contributed by atoms with E-state index in [0.29, 0.717) is 26.2 Å². The number of aliphatic carboxylic acids is 1. The topological polar surface area (TPSA) is 97.3 Å². The summed E-state index contributed by atoms with van der Waals surface area (Å²) in [7, 11) is 1.69. The highest BCUT2D eigenvalue weighted by atomic mass is 16.6. The molecule has 27 heavy (non-hydrogen) atoms. The van der Waals surface area contributed by atoms with Crippen LogP contribution in [0.2, 0.25) is 0 Å². The molecule has 0 amide bonds. The second-order valence-corrected chi connectivity index (χ2v) is 6.42. The van der Waals surface area contributed by atoms with Gasteiger partial charge >= 0.3 is 11.9 Å².